The van der Waals surface area contributed by atoms with Gasteiger partial charge in [0.15, 0.2) is 0 Å². The zero-order valence-electron chi connectivity index (χ0n) is 17.3. The van der Waals surface area contributed by atoms with Gasteiger partial charge in [-0.3, -0.25) is 9.59 Å². The molecule has 1 saturated heterocycles. The number of amides is 2. The maximum Gasteiger partial charge on any atom is 0.267 e. The quantitative estimate of drug-likeness (QED) is 0.699. The third-order valence-corrected chi connectivity index (χ3v) is 8.17. The van der Waals surface area contributed by atoms with Crippen molar-refractivity contribution in [2.45, 2.75) is 38.0 Å². The van der Waals surface area contributed by atoms with Crippen LogP contribution in [0, 0.1) is 0 Å². The van der Waals surface area contributed by atoms with Crippen LogP contribution >= 0.6 is 11.3 Å². The molecular weight excluding hydrogens is 422 g/mol. The molecule has 2 heterocycles. The maximum atomic E-state index is 13.0. The molecule has 0 saturated carbocycles. The summed E-state index contributed by atoms with van der Waals surface area (Å²) in [4.78, 5) is 27.3. The first-order chi connectivity index (χ1) is 14.4. The van der Waals surface area contributed by atoms with Crippen LogP contribution in [0.3, 0.4) is 0 Å². The molecule has 162 valence electrons. The van der Waals surface area contributed by atoms with Crippen molar-refractivity contribution in [3.63, 3.8) is 0 Å². The molecule has 2 amide bonds. The number of thiophene rings is 1. The van der Waals surface area contributed by atoms with Crippen LogP contribution in [0.25, 0.3) is 0 Å². The summed E-state index contributed by atoms with van der Waals surface area (Å²) >= 11 is 1.10. The molecule has 0 radical (unpaired) electrons. The molecule has 0 aliphatic carbocycles. The summed E-state index contributed by atoms with van der Waals surface area (Å²) in [7, 11) is -3.70. The van der Waals surface area contributed by atoms with Crippen molar-refractivity contribution in [1.82, 2.24) is 9.21 Å². The standard InChI is InChI=1S/C21H27N3O4S2/c1-3-23(4-2)21(26)16-9-8-10-17(15-16)22-20(25)19-18(11-14-29-19)30(27,28)24-12-6-5-7-13-24/h8-11,14-15H,3-7,12-13H2,1-2H3,(H,22,25). The first kappa shape index (κ1) is 22.5. The van der Waals surface area contributed by atoms with Gasteiger partial charge in [-0.05, 0) is 56.3 Å². The Morgan fingerprint density at radius 2 is 1.80 bits per heavy atom. The highest BCUT2D eigenvalue weighted by atomic mass is 32.2. The third-order valence-electron chi connectivity index (χ3n) is 5.19. The number of carbonyl (C=O) groups is 2. The SMILES string of the molecule is CCN(CC)C(=O)c1cccc(NC(=O)c2sccc2S(=O)(=O)N2CCCCC2)c1. The van der Waals surface area contributed by atoms with Crippen molar-refractivity contribution in [1.29, 1.82) is 0 Å². The van der Waals surface area contributed by atoms with Crippen LogP contribution in [-0.2, 0) is 10.0 Å². The Labute approximate surface area is 181 Å². The second kappa shape index (κ2) is 9.72. The Morgan fingerprint density at radius 1 is 1.10 bits per heavy atom. The molecule has 1 fully saturated rings. The zero-order valence-corrected chi connectivity index (χ0v) is 18.9. The van der Waals surface area contributed by atoms with Crippen molar-refractivity contribution in [3.05, 3.63) is 46.2 Å². The first-order valence-electron chi connectivity index (χ1n) is 10.2. The molecule has 1 aliphatic rings. The third kappa shape index (κ3) is 4.74. The van der Waals surface area contributed by atoms with Crippen molar-refractivity contribution in [2.75, 3.05) is 31.5 Å². The van der Waals surface area contributed by atoms with E-state index >= 15 is 0 Å². The fourth-order valence-electron chi connectivity index (χ4n) is 3.52. The summed E-state index contributed by atoms with van der Waals surface area (Å²) in [5, 5.41) is 4.36. The number of hydrogen-bond donors (Lipinski definition) is 1. The fraction of sp³-hybridized carbons (Fsp3) is 0.429. The Kier molecular flexibility index (Phi) is 7.27. The lowest BCUT2D eigenvalue weighted by atomic mass is 10.1. The van der Waals surface area contributed by atoms with E-state index in [2.05, 4.69) is 5.32 Å². The van der Waals surface area contributed by atoms with E-state index in [-0.39, 0.29) is 15.7 Å². The van der Waals surface area contributed by atoms with Crippen LogP contribution in [0.5, 0.6) is 0 Å². The average molecular weight is 450 g/mol. The Bertz CT molecular complexity index is 1010. The second-order valence-electron chi connectivity index (χ2n) is 7.09. The minimum absolute atomic E-state index is 0.0438. The Morgan fingerprint density at radius 3 is 2.47 bits per heavy atom. The molecule has 1 aromatic carbocycles. The summed E-state index contributed by atoms with van der Waals surface area (Å²) in [5.74, 6) is -0.603. The molecular formula is C21H27N3O4S2. The summed E-state index contributed by atoms with van der Waals surface area (Å²) < 4.78 is 27.5. The van der Waals surface area contributed by atoms with E-state index in [0.29, 0.717) is 37.4 Å². The maximum absolute atomic E-state index is 13.0. The molecule has 1 aliphatic heterocycles. The topological polar surface area (TPSA) is 86.8 Å². The van der Waals surface area contributed by atoms with Gasteiger partial charge in [0.2, 0.25) is 10.0 Å². The van der Waals surface area contributed by atoms with E-state index in [1.165, 1.54) is 10.4 Å². The number of hydrogen-bond acceptors (Lipinski definition) is 5. The summed E-state index contributed by atoms with van der Waals surface area (Å²) in [6.45, 7) is 5.98. The lowest BCUT2D eigenvalue weighted by Gasteiger charge is -2.25. The molecule has 0 unspecified atom stereocenters. The van der Waals surface area contributed by atoms with E-state index in [1.807, 2.05) is 13.8 Å². The molecule has 7 nitrogen and oxygen atoms in total. The van der Waals surface area contributed by atoms with E-state index in [9.17, 15) is 18.0 Å². The number of anilines is 1. The van der Waals surface area contributed by atoms with Crippen LogP contribution in [0.4, 0.5) is 5.69 Å². The molecule has 30 heavy (non-hydrogen) atoms. The van der Waals surface area contributed by atoms with Crippen molar-refractivity contribution >= 4 is 38.9 Å². The Hall–Kier alpha value is -2.23. The van der Waals surface area contributed by atoms with Crippen LogP contribution in [0.1, 0.15) is 53.1 Å². The monoisotopic (exact) mass is 449 g/mol. The number of sulfonamides is 1. The minimum atomic E-state index is -3.70. The number of nitrogens with zero attached hydrogens (tertiary/aromatic N) is 2. The van der Waals surface area contributed by atoms with Gasteiger partial charge < -0.3 is 10.2 Å². The Balaban J connectivity index is 1.81. The predicted molar refractivity (Wildman–Crippen MR) is 119 cm³/mol. The molecule has 1 aromatic heterocycles. The van der Waals surface area contributed by atoms with Crippen molar-refractivity contribution < 1.29 is 18.0 Å². The van der Waals surface area contributed by atoms with Gasteiger partial charge >= 0.3 is 0 Å². The average Bonchev–Trinajstić information content (AvgIpc) is 3.26. The fourth-order valence-corrected chi connectivity index (χ4v) is 6.33. The minimum Gasteiger partial charge on any atom is -0.339 e. The van der Waals surface area contributed by atoms with Crippen LogP contribution in [0.15, 0.2) is 40.6 Å². The van der Waals surface area contributed by atoms with Gasteiger partial charge in [-0.25, -0.2) is 8.42 Å². The van der Waals surface area contributed by atoms with Gasteiger partial charge in [0.25, 0.3) is 11.8 Å². The van der Waals surface area contributed by atoms with E-state index < -0.39 is 15.9 Å². The molecule has 0 spiro atoms. The van der Waals surface area contributed by atoms with Crippen LogP contribution < -0.4 is 5.32 Å². The van der Waals surface area contributed by atoms with E-state index in [1.54, 1.807) is 34.5 Å². The van der Waals surface area contributed by atoms with Crippen LogP contribution in [-0.4, -0.2) is 55.6 Å². The number of rotatable bonds is 7. The summed E-state index contributed by atoms with van der Waals surface area (Å²) in [6, 6.07) is 8.19. The number of carbonyl (C=O) groups excluding carboxylic acids is 2. The zero-order chi connectivity index (χ0) is 21.7. The molecule has 3 rings (SSSR count). The van der Waals surface area contributed by atoms with Gasteiger partial charge in [-0.15, -0.1) is 11.3 Å². The highest BCUT2D eigenvalue weighted by molar-refractivity contribution is 7.89. The molecule has 0 bridgehead atoms. The van der Waals surface area contributed by atoms with Crippen LogP contribution in [0.2, 0.25) is 0 Å². The molecule has 2 aromatic rings. The van der Waals surface area contributed by atoms with Gasteiger partial charge in [-0.1, -0.05) is 12.5 Å². The lowest BCUT2D eigenvalue weighted by Crippen LogP contribution is -2.36. The highest BCUT2D eigenvalue weighted by Gasteiger charge is 2.31. The largest absolute Gasteiger partial charge is 0.339 e. The normalized spacial score (nSPS) is 15.0. The van der Waals surface area contributed by atoms with Crippen molar-refractivity contribution in [3.8, 4) is 0 Å². The van der Waals surface area contributed by atoms with Gasteiger partial charge in [-0.2, -0.15) is 4.31 Å². The second-order valence-corrected chi connectivity index (χ2v) is 9.91. The number of piperidine rings is 1. The van der Waals surface area contributed by atoms with Gasteiger partial charge in [0.1, 0.15) is 9.77 Å². The highest BCUT2D eigenvalue weighted by Crippen LogP contribution is 2.28. The summed E-state index contributed by atoms with van der Waals surface area (Å²) in [5.41, 5.74) is 0.927. The number of benzene rings is 1. The van der Waals surface area contributed by atoms with E-state index in [4.69, 9.17) is 0 Å². The molecule has 0 atom stereocenters. The van der Waals surface area contributed by atoms with E-state index in [0.717, 1.165) is 30.6 Å². The smallest absolute Gasteiger partial charge is 0.267 e. The predicted octanol–water partition coefficient (Wildman–Crippen LogP) is 3.66. The molecule has 9 heteroatoms. The number of nitrogens with one attached hydrogen (secondary N) is 1. The lowest BCUT2D eigenvalue weighted by molar-refractivity contribution is 0.0772. The van der Waals surface area contributed by atoms with Gasteiger partial charge in [0, 0.05) is 37.4 Å². The molecule has 1 N–H and O–H groups in total. The summed E-state index contributed by atoms with van der Waals surface area (Å²) in [6.07, 6.45) is 2.68. The van der Waals surface area contributed by atoms with Gasteiger partial charge in [0.05, 0.1) is 0 Å². The first-order valence-corrected chi connectivity index (χ1v) is 12.5. The van der Waals surface area contributed by atoms with Crippen molar-refractivity contribution in [2.24, 2.45) is 0 Å².